The highest BCUT2D eigenvalue weighted by Gasteiger charge is 2.42. The minimum Gasteiger partial charge on any atom is -0.360 e. The van der Waals surface area contributed by atoms with Crippen molar-refractivity contribution in [3.8, 4) is 0 Å². The zero-order chi connectivity index (χ0) is 15.2. The first-order valence-corrected chi connectivity index (χ1v) is 8.56. The van der Waals surface area contributed by atoms with Gasteiger partial charge in [0, 0.05) is 25.6 Å². The van der Waals surface area contributed by atoms with E-state index in [1.165, 1.54) is 4.31 Å². The zero-order valence-corrected chi connectivity index (χ0v) is 12.9. The number of aryl methyl sites for hydroxylation is 2. The molecule has 0 aromatic carbocycles. The summed E-state index contributed by atoms with van der Waals surface area (Å²) in [5, 5.41) is 6.65. The molecule has 1 aromatic rings. The zero-order valence-electron chi connectivity index (χ0n) is 12.1. The molecule has 3 heterocycles. The van der Waals surface area contributed by atoms with E-state index in [1.807, 2.05) is 0 Å². The van der Waals surface area contributed by atoms with E-state index in [0.717, 1.165) is 12.8 Å². The molecule has 116 valence electrons. The number of sulfonamides is 1. The van der Waals surface area contributed by atoms with Crippen molar-refractivity contribution in [3.05, 3.63) is 11.5 Å². The number of aromatic nitrogens is 1. The summed E-state index contributed by atoms with van der Waals surface area (Å²) in [6.45, 7) is 3.99. The molecule has 21 heavy (non-hydrogen) atoms. The molecule has 8 heteroatoms. The van der Waals surface area contributed by atoms with Crippen molar-refractivity contribution in [1.82, 2.24) is 14.8 Å². The van der Waals surface area contributed by atoms with Crippen molar-refractivity contribution in [3.63, 3.8) is 0 Å². The molecule has 0 aliphatic carbocycles. The van der Waals surface area contributed by atoms with Crippen LogP contribution in [0.2, 0.25) is 0 Å². The molecule has 1 amide bonds. The van der Waals surface area contributed by atoms with Crippen LogP contribution < -0.4 is 5.32 Å². The van der Waals surface area contributed by atoms with E-state index in [4.69, 9.17) is 4.52 Å². The summed E-state index contributed by atoms with van der Waals surface area (Å²) in [5.41, 5.74) is 0.378. The Kier molecular flexibility index (Phi) is 3.53. The van der Waals surface area contributed by atoms with Crippen LogP contribution in [-0.4, -0.2) is 42.9 Å². The fourth-order valence-corrected chi connectivity index (χ4v) is 5.07. The number of carbonyl (C=O) groups is 1. The third-order valence-corrected chi connectivity index (χ3v) is 6.38. The number of nitrogens with zero attached hydrogens (tertiary/aromatic N) is 2. The van der Waals surface area contributed by atoms with E-state index in [2.05, 4.69) is 10.5 Å². The smallest absolute Gasteiger partial charge is 0.248 e. The van der Waals surface area contributed by atoms with Crippen molar-refractivity contribution >= 4 is 15.9 Å². The van der Waals surface area contributed by atoms with Crippen LogP contribution >= 0.6 is 0 Å². The number of carbonyl (C=O) groups excluding carboxylic acids is 1. The average Bonchev–Trinajstić information content (AvgIpc) is 2.90. The standard InChI is InChI=1S/C13H19N3O4S/c1-8-13(9(2)20-15-8)21(18,19)16-6-10-4-3-5-12(17)14-11(10)7-16/h10-11H,3-7H2,1-2H3,(H,14,17)/t10-,11+/m1/s1. The third-order valence-electron chi connectivity index (χ3n) is 4.30. The molecule has 0 saturated carbocycles. The molecule has 2 fully saturated rings. The molecule has 1 N–H and O–H groups in total. The molecular weight excluding hydrogens is 294 g/mol. The summed E-state index contributed by atoms with van der Waals surface area (Å²) in [7, 11) is -3.62. The molecule has 2 aliphatic rings. The first-order valence-electron chi connectivity index (χ1n) is 7.12. The molecular formula is C13H19N3O4S. The highest BCUT2D eigenvalue weighted by Crippen LogP contribution is 2.31. The van der Waals surface area contributed by atoms with E-state index in [9.17, 15) is 13.2 Å². The lowest BCUT2D eigenvalue weighted by atomic mass is 9.99. The van der Waals surface area contributed by atoms with E-state index in [1.54, 1.807) is 13.8 Å². The van der Waals surface area contributed by atoms with E-state index in [0.29, 0.717) is 31.0 Å². The van der Waals surface area contributed by atoms with Crippen LogP contribution in [0.4, 0.5) is 0 Å². The topological polar surface area (TPSA) is 92.5 Å². The Balaban J connectivity index is 1.87. The van der Waals surface area contributed by atoms with Gasteiger partial charge in [-0.25, -0.2) is 8.42 Å². The first-order chi connectivity index (χ1) is 9.89. The monoisotopic (exact) mass is 313 g/mol. The summed E-state index contributed by atoms with van der Waals surface area (Å²) >= 11 is 0. The number of fused-ring (bicyclic) bond motifs is 1. The Morgan fingerprint density at radius 3 is 2.76 bits per heavy atom. The van der Waals surface area contributed by atoms with Gasteiger partial charge in [-0.1, -0.05) is 5.16 Å². The molecule has 0 radical (unpaired) electrons. The van der Waals surface area contributed by atoms with E-state index >= 15 is 0 Å². The summed E-state index contributed by atoms with van der Waals surface area (Å²) in [5.74, 6) is 0.509. The maximum atomic E-state index is 12.8. The lowest BCUT2D eigenvalue weighted by molar-refractivity contribution is -0.121. The minimum absolute atomic E-state index is 0.0130. The predicted molar refractivity (Wildman–Crippen MR) is 74.0 cm³/mol. The maximum absolute atomic E-state index is 12.8. The van der Waals surface area contributed by atoms with Gasteiger partial charge in [0.15, 0.2) is 5.76 Å². The van der Waals surface area contributed by atoms with Gasteiger partial charge in [-0.15, -0.1) is 0 Å². The third kappa shape index (κ3) is 2.46. The van der Waals surface area contributed by atoms with Crippen LogP contribution in [0.3, 0.4) is 0 Å². The van der Waals surface area contributed by atoms with E-state index < -0.39 is 10.0 Å². The van der Waals surface area contributed by atoms with Crippen molar-refractivity contribution in [2.24, 2.45) is 5.92 Å². The van der Waals surface area contributed by atoms with Gasteiger partial charge >= 0.3 is 0 Å². The number of amides is 1. The first kappa shape index (κ1) is 14.5. The van der Waals surface area contributed by atoms with Gasteiger partial charge in [-0.05, 0) is 32.6 Å². The Hall–Kier alpha value is -1.41. The van der Waals surface area contributed by atoms with Gasteiger partial charge in [-0.2, -0.15) is 4.31 Å². The Labute approximate surface area is 123 Å². The molecule has 7 nitrogen and oxygen atoms in total. The summed E-state index contributed by atoms with van der Waals surface area (Å²) in [4.78, 5) is 11.8. The normalized spacial score (nSPS) is 27.2. The van der Waals surface area contributed by atoms with Gasteiger partial charge in [0.1, 0.15) is 10.6 Å². The second kappa shape index (κ2) is 5.10. The van der Waals surface area contributed by atoms with Crippen molar-refractivity contribution in [2.75, 3.05) is 13.1 Å². The number of rotatable bonds is 2. The SMILES string of the molecule is Cc1noc(C)c1S(=O)(=O)N1C[C@H]2CCCC(=O)N[C@H]2C1. The molecule has 3 rings (SSSR count). The van der Waals surface area contributed by atoms with Crippen LogP contribution in [0.1, 0.15) is 30.7 Å². The van der Waals surface area contributed by atoms with Crippen LogP contribution in [0.25, 0.3) is 0 Å². The van der Waals surface area contributed by atoms with Crippen LogP contribution in [0, 0.1) is 19.8 Å². The fourth-order valence-electron chi connectivity index (χ4n) is 3.26. The number of nitrogens with one attached hydrogen (secondary N) is 1. The lowest BCUT2D eigenvalue weighted by Gasteiger charge is -2.16. The van der Waals surface area contributed by atoms with Crippen molar-refractivity contribution in [2.45, 2.75) is 44.0 Å². The molecule has 2 saturated heterocycles. The molecule has 2 aliphatic heterocycles. The van der Waals surface area contributed by atoms with Gasteiger partial charge in [0.05, 0.1) is 0 Å². The number of hydrogen-bond donors (Lipinski definition) is 1. The molecule has 0 unspecified atom stereocenters. The Bertz CT molecular complexity index is 647. The average molecular weight is 313 g/mol. The highest BCUT2D eigenvalue weighted by molar-refractivity contribution is 7.89. The van der Waals surface area contributed by atoms with Crippen LogP contribution in [-0.2, 0) is 14.8 Å². The predicted octanol–water partition coefficient (Wildman–Crippen LogP) is 0.581. The van der Waals surface area contributed by atoms with Crippen molar-refractivity contribution in [1.29, 1.82) is 0 Å². The summed E-state index contributed by atoms with van der Waals surface area (Å²) < 4.78 is 31.9. The van der Waals surface area contributed by atoms with Gasteiger partial charge in [0.2, 0.25) is 15.9 Å². The quantitative estimate of drug-likeness (QED) is 0.862. The maximum Gasteiger partial charge on any atom is 0.248 e. The van der Waals surface area contributed by atoms with Gasteiger partial charge in [-0.3, -0.25) is 4.79 Å². The second-order valence-electron chi connectivity index (χ2n) is 5.80. The Morgan fingerprint density at radius 1 is 1.33 bits per heavy atom. The highest BCUT2D eigenvalue weighted by atomic mass is 32.2. The molecule has 0 spiro atoms. The molecule has 2 atom stereocenters. The Morgan fingerprint density at radius 2 is 2.10 bits per heavy atom. The van der Waals surface area contributed by atoms with Gasteiger partial charge in [0.25, 0.3) is 0 Å². The molecule has 1 aromatic heterocycles. The fraction of sp³-hybridized carbons (Fsp3) is 0.692. The van der Waals surface area contributed by atoms with Crippen molar-refractivity contribution < 1.29 is 17.7 Å². The minimum atomic E-state index is -3.62. The lowest BCUT2D eigenvalue weighted by Crippen LogP contribution is -2.39. The van der Waals surface area contributed by atoms with E-state index in [-0.39, 0.29) is 22.8 Å². The second-order valence-corrected chi connectivity index (χ2v) is 7.68. The summed E-state index contributed by atoms with van der Waals surface area (Å²) in [6.07, 6.45) is 2.22. The van der Waals surface area contributed by atoms with Gasteiger partial charge < -0.3 is 9.84 Å². The van der Waals surface area contributed by atoms with Crippen LogP contribution in [0.15, 0.2) is 9.42 Å². The molecule has 0 bridgehead atoms. The largest absolute Gasteiger partial charge is 0.360 e. The summed E-state index contributed by atoms with van der Waals surface area (Å²) in [6, 6.07) is -0.0877. The van der Waals surface area contributed by atoms with Crippen LogP contribution in [0.5, 0.6) is 0 Å². The number of hydrogen-bond acceptors (Lipinski definition) is 5.